The van der Waals surface area contributed by atoms with Crippen molar-refractivity contribution in [1.29, 1.82) is 0 Å². The van der Waals surface area contributed by atoms with Crippen LogP contribution in [-0.4, -0.2) is 41.3 Å². The molecule has 0 spiro atoms. The van der Waals surface area contributed by atoms with Gasteiger partial charge in [-0.25, -0.2) is 0 Å². The van der Waals surface area contributed by atoms with Gasteiger partial charge in [-0.05, 0) is 18.6 Å². The summed E-state index contributed by atoms with van der Waals surface area (Å²) in [4.78, 5) is 16.7. The van der Waals surface area contributed by atoms with E-state index in [1.807, 2.05) is 6.07 Å². The number of aromatic nitrogens is 1. The highest BCUT2D eigenvalue weighted by molar-refractivity contribution is 5.95. The number of nitrogens with one attached hydrogen (secondary N) is 1. The number of hydrogen-bond acceptors (Lipinski definition) is 3. The highest BCUT2D eigenvalue weighted by Gasteiger charge is 2.21. The Bertz CT molecular complexity index is 307. The van der Waals surface area contributed by atoms with Gasteiger partial charge in [-0.15, -0.1) is 0 Å². The molecule has 0 unspecified atom stereocenters. The Morgan fingerprint density at radius 3 is 3.14 bits per heavy atom. The average molecular weight is 193 g/mol. The van der Waals surface area contributed by atoms with Gasteiger partial charge in [0.05, 0.1) is 12.2 Å². The van der Waals surface area contributed by atoms with Crippen molar-refractivity contribution in [2.75, 3.05) is 19.6 Å². The fraction of sp³-hybridized carbons (Fsp3) is 0.500. The Hall–Kier alpha value is -1.13. The Balaban J connectivity index is 1.89. The van der Waals surface area contributed by atoms with E-state index in [0.29, 0.717) is 12.2 Å². The maximum absolute atomic E-state index is 11.7. The van der Waals surface area contributed by atoms with Crippen LogP contribution in [0.1, 0.15) is 16.9 Å². The molecule has 14 heavy (non-hydrogen) atoms. The normalized spacial score (nSPS) is 22.8. The van der Waals surface area contributed by atoms with Crippen LogP contribution in [0.15, 0.2) is 18.3 Å². The molecule has 3 N–H and O–H groups in total. The summed E-state index contributed by atoms with van der Waals surface area (Å²) in [7, 11) is 0. The van der Waals surface area contributed by atoms with Crippen molar-refractivity contribution in [2.45, 2.75) is 12.5 Å². The van der Waals surface area contributed by atoms with E-state index in [-0.39, 0.29) is 11.8 Å². The van der Waals surface area contributed by atoms with E-state index in [9.17, 15) is 4.79 Å². The minimum absolute atomic E-state index is 0.143. The van der Waals surface area contributed by atoms with E-state index in [4.69, 9.17) is 5.73 Å². The van der Waals surface area contributed by atoms with E-state index in [2.05, 4.69) is 9.88 Å². The number of nitrogens with two attached hydrogens (primary N) is 1. The monoisotopic (exact) mass is 193 g/mol. The van der Waals surface area contributed by atoms with Crippen LogP contribution in [0.3, 0.4) is 0 Å². The molecule has 1 fully saturated rings. The van der Waals surface area contributed by atoms with E-state index in [1.165, 1.54) is 0 Å². The fourth-order valence-electron chi connectivity index (χ4n) is 1.80. The van der Waals surface area contributed by atoms with Crippen LogP contribution in [0.5, 0.6) is 0 Å². The quantitative estimate of drug-likeness (QED) is 0.675. The minimum Gasteiger partial charge on any atom is -0.359 e. The van der Waals surface area contributed by atoms with Crippen molar-refractivity contribution in [3.8, 4) is 0 Å². The van der Waals surface area contributed by atoms with Crippen molar-refractivity contribution >= 4 is 5.78 Å². The van der Waals surface area contributed by atoms with E-state index >= 15 is 0 Å². The third-order valence-electron chi connectivity index (χ3n) is 2.57. The van der Waals surface area contributed by atoms with Gasteiger partial charge >= 0.3 is 0 Å². The summed E-state index contributed by atoms with van der Waals surface area (Å²) in [5.74, 6) is 0.143. The first-order chi connectivity index (χ1) is 6.75. The number of carbonyl (C=O) groups excluding carboxylic acids is 1. The molecule has 1 aromatic heterocycles. The first kappa shape index (κ1) is 9.43. The van der Waals surface area contributed by atoms with Gasteiger partial charge in [-0.1, -0.05) is 0 Å². The summed E-state index contributed by atoms with van der Waals surface area (Å²) < 4.78 is 0. The first-order valence-electron chi connectivity index (χ1n) is 4.90. The summed E-state index contributed by atoms with van der Waals surface area (Å²) in [6, 6.07) is 3.88. The van der Waals surface area contributed by atoms with Gasteiger partial charge in [0.25, 0.3) is 0 Å². The van der Waals surface area contributed by atoms with Crippen LogP contribution in [0.4, 0.5) is 0 Å². The lowest BCUT2D eigenvalue weighted by molar-refractivity contribution is 0.0940. The third kappa shape index (κ3) is 2.02. The molecule has 2 heterocycles. The number of Topliss-reactive ketones (excluding diaryl/α,β-unsaturated/α-hetero) is 1. The molecule has 76 valence electrons. The fourth-order valence-corrected chi connectivity index (χ4v) is 1.80. The smallest absolute Gasteiger partial charge is 0.192 e. The topological polar surface area (TPSA) is 62.1 Å². The molecule has 1 atom stereocenters. The number of ketones is 1. The molecular weight excluding hydrogens is 178 g/mol. The van der Waals surface area contributed by atoms with E-state index in [1.54, 1.807) is 12.3 Å². The summed E-state index contributed by atoms with van der Waals surface area (Å²) in [5, 5.41) is 0. The van der Waals surface area contributed by atoms with Crippen molar-refractivity contribution in [3.63, 3.8) is 0 Å². The third-order valence-corrected chi connectivity index (χ3v) is 2.57. The molecule has 4 heteroatoms. The van der Waals surface area contributed by atoms with Crippen LogP contribution < -0.4 is 5.73 Å². The molecule has 1 aromatic rings. The zero-order chi connectivity index (χ0) is 9.97. The lowest BCUT2D eigenvalue weighted by Gasteiger charge is -2.12. The highest BCUT2D eigenvalue weighted by Crippen LogP contribution is 2.07. The van der Waals surface area contributed by atoms with E-state index < -0.39 is 0 Å². The molecule has 0 amide bonds. The van der Waals surface area contributed by atoms with Gasteiger partial charge in [0.2, 0.25) is 0 Å². The maximum Gasteiger partial charge on any atom is 0.192 e. The number of rotatable bonds is 3. The first-order valence-corrected chi connectivity index (χ1v) is 4.90. The van der Waals surface area contributed by atoms with Crippen molar-refractivity contribution in [1.82, 2.24) is 9.88 Å². The second-order valence-electron chi connectivity index (χ2n) is 3.79. The average Bonchev–Trinajstić information content (AvgIpc) is 2.75. The summed E-state index contributed by atoms with van der Waals surface area (Å²) in [6.45, 7) is 2.26. The van der Waals surface area contributed by atoms with Gasteiger partial charge in [0, 0.05) is 25.3 Å². The Labute approximate surface area is 83.1 Å². The van der Waals surface area contributed by atoms with Crippen molar-refractivity contribution < 1.29 is 4.79 Å². The number of hydrogen-bond donors (Lipinski definition) is 2. The second kappa shape index (κ2) is 3.94. The molecule has 0 saturated carbocycles. The lowest BCUT2D eigenvalue weighted by Crippen LogP contribution is -2.31. The Kier molecular flexibility index (Phi) is 2.65. The Morgan fingerprint density at radius 1 is 1.71 bits per heavy atom. The molecule has 0 aromatic carbocycles. The number of nitrogens with zero attached hydrogens (tertiary/aromatic N) is 1. The lowest BCUT2D eigenvalue weighted by atomic mass is 10.3. The zero-order valence-electron chi connectivity index (χ0n) is 8.07. The van der Waals surface area contributed by atoms with Crippen molar-refractivity contribution in [2.24, 2.45) is 5.73 Å². The summed E-state index contributed by atoms with van der Waals surface area (Å²) in [6.07, 6.45) is 2.76. The minimum atomic E-state index is 0.143. The van der Waals surface area contributed by atoms with Crippen LogP contribution in [0, 0.1) is 0 Å². The molecule has 0 radical (unpaired) electrons. The summed E-state index contributed by atoms with van der Waals surface area (Å²) in [5.41, 5.74) is 6.44. The molecule has 2 rings (SSSR count). The van der Waals surface area contributed by atoms with Crippen molar-refractivity contribution in [3.05, 3.63) is 24.0 Å². The molecule has 1 saturated heterocycles. The molecule has 1 aliphatic rings. The largest absolute Gasteiger partial charge is 0.359 e. The molecule has 0 aliphatic carbocycles. The predicted molar refractivity (Wildman–Crippen MR) is 54.2 cm³/mol. The SMILES string of the molecule is N[C@H]1CCN(CC(=O)c2ccc[nH]2)C1. The second-order valence-corrected chi connectivity index (χ2v) is 3.79. The summed E-state index contributed by atoms with van der Waals surface area (Å²) >= 11 is 0. The number of likely N-dealkylation sites (tertiary alicyclic amines) is 1. The number of aromatic amines is 1. The molecular formula is C10H15N3O. The zero-order valence-corrected chi connectivity index (χ0v) is 8.07. The van der Waals surface area contributed by atoms with Crippen LogP contribution in [0.2, 0.25) is 0 Å². The van der Waals surface area contributed by atoms with Gasteiger partial charge in [-0.2, -0.15) is 0 Å². The van der Waals surface area contributed by atoms with Crippen LogP contribution in [-0.2, 0) is 0 Å². The molecule has 0 bridgehead atoms. The number of carbonyl (C=O) groups is 1. The van der Waals surface area contributed by atoms with Gasteiger partial charge in [-0.3, -0.25) is 9.69 Å². The highest BCUT2D eigenvalue weighted by atomic mass is 16.1. The standard InChI is InChI=1S/C10H15N3O/c11-8-3-5-13(6-8)7-10(14)9-2-1-4-12-9/h1-2,4,8,12H,3,5-7,11H2/t8-/m0/s1. The van der Waals surface area contributed by atoms with Crippen LogP contribution >= 0.6 is 0 Å². The van der Waals surface area contributed by atoms with Gasteiger partial charge < -0.3 is 10.7 Å². The van der Waals surface area contributed by atoms with E-state index in [0.717, 1.165) is 19.5 Å². The van der Waals surface area contributed by atoms with Crippen LogP contribution in [0.25, 0.3) is 0 Å². The predicted octanol–water partition coefficient (Wildman–Crippen LogP) is 0.230. The molecule has 4 nitrogen and oxygen atoms in total. The van der Waals surface area contributed by atoms with Gasteiger partial charge in [0.15, 0.2) is 5.78 Å². The molecule has 1 aliphatic heterocycles. The van der Waals surface area contributed by atoms with Gasteiger partial charge in [0.1, 0.15) is 0 Å². The number of H-pyrrole nitrogens is 1. The Morgan fingerprint density at radius 2 is 2.57 bits per heavy atom. The maximum atomic E-state index is 11.7.